The number of pyridine rings is 1. The lowest BCUT2D eigenvalue weighted by molar-refractivity contribution is -0.137. The number of rotatable bonds is 8. The summed E-state index contributed by atoms with van der Waals surface area (Å²) in [4.78, 5) is 4.41. The molecule has 314 valence electrons. The van der Waals surface area contributed by atoms with E-state index >= 15 is 0 Å². The molecule has 8 heteroatoms. The lowest BCUT2D eigenvalue weighted by Gasteiger charge is -2.27. The van der Waals surface area contributed by atoms with E-state index in [9.17, 15) is 13.2 Å². The number of alkyl halides is 3. The molecule has 5 nitrogen and oxygen atoms in total. The SMILES string of the molecule is CC(C)Cc1c(-c2cc(C(C)(C)C)cc(C(C)(C)C)c2)c(C(C)C)nn1-c1cc(Oc2ccc3c4ccccc4n(-c4cc(C(F)(F)F)ccn4)c3c2)cc(C(C)(C)C)c1. The molecule has 7 aromatic rings. The number of fused-ring (bicyclic) bond motifs is 3. The van der Waals surface area contributed by atoms with Crippen LogP contribution in [0.2, 0.25) is 0 Å². The highest BCUT2D eigenvalue weighted by Gasteiger charge is 2.32. The fourth-order valence-corrected chi connectivity index (χ4v) is 7.93. The monoisotopic (exact) mass is 812 g/mol. The second kappa shape index (κ2) is 15.3. The number of para-hydroxylation sites is 1. The van der Waals surface area contributed by atoms with E-state index < -0.39 is 11.7 Å². The molecule has 0 saturated carbocycles. The van der Waals surface area contributed by atoms with Gasteiger partial charge in [-0.1, -0.05) is 126 Å². The summed E-state index contributed by atoms with van der Waals surface area (Å²) >= 11 is 0. The maximum Gasteiger partial charge on any atom is 0.416 e. The molecule has 3 aromatic heterocycles. The highest BCUT2D eigenvalue weighted by atomic mass is 19.4. The molecule has 7 rings (SSSR count). The summed E-state index contributed by atoms with van der Waals surface area (Å²) in [5.74, 6) is 1.89. The van der Waals surface area contributed by atoms with E-state index in [-0.39, 0.29) is 28.0 Å². The van der Waals surface area contributed by atoms with E-state index in [0.717, 1.165) is 57.5 Å². The molecule has 0 unspecified atom stereocenters. The van der Waals surface area contributed by atoms with Crippen LogP contribution in [0.25, 0.3) is 44.4 Å². The summed E-state index contributed by atoms with van der Waals surface area (Å²) in [5.41, 5.74) is 9.58. The Morgan fingerprint density at radius 3 is 1.83 bits per heavy atom. The zero-order valence-electron chi connectivity index (χ0n) is 37.4. The normalized spacial score (nSPS) is 13.0. The third-order valence-corrected chi connectivity index (χ3v) is 11.3. The van der Waals surface area contributed by atoms with Crippen LogP contribution in [0.4, 0.5) is 13.2 Å². The second-order valence-corrected chi connectivity index (χ2v) is 20.2. The molecule has 4 aromatic carbocycles. The predicted molar refractivity (Wildman–Crippen MR) is 241 cm³/mol. The maximum atomic E-state index is 13.9. The predicted octanol–water partition coefficient (Wildman–Crippen LogP) is 15.1. The molecule has 0 aliphatic rings. The topological polar surface area (TPSA) is 44.9 Å². The molecule has 0 aliphatic carbocycles. The molecule has 0 fully saturated rings. The number of ether oxygens (including phenoxy) is 1. The van der Waals surface area contributed by atoms with Crippen LogP contribution < -0.4 is 4.74 Å². The Morgan fingerprint density at radius 2 is 1.23 bits per heavy atom. The average molecular weight is 813 g/mol. The van der Waals surface area contributed by atoms with Gasteiger partial charge < -0.3 is 4.74 Å². The summed E-state index contributed by atoms with van der Waals surface area (Å²) in [6, 6.07) is 29.0. The molecule has 0 amide bonds. The molecular formula is C52H59F3N4O. The number of halogens is 3. The van der Waals surface area contributed by atoms with Gasteiger partial charge in [0, 0.05) is 34.7 Å². The van der Waals surface area contributed by atoms with E-state index in [4.69, 9.17) is 9.84 Å². The summed E-state index contributed by atoms with van der Waals surface area (Å²) in [6.07, 6.45) is -2.48. The first-order valence-corrected chi connectivity index (χ1v) is 21.1. The summed E-state index contributed by atoms with van der Waals surface area (Å²) in [6.45, 7) is 29.2. The molecule has 0 aliphatic heterocycles. The first-order chi connectivity index (χ1) is 27.9. The Balaban J connectivity index is 1.42. The van der Waals surface area contributed by atoms with Crippen molar-refractivity contribution >= 4 is 21.8 Å². The van der Waals surface area contributed by atoms with Crippen molar-refractivity contribution in [2.24, 2.45) is 5.92 Å². The first-order valence-electron chi connectivity index (χ1n) is 21.1. The minimum Gasteiger partial charge on any atom is -0.457 e. The van der Waals surface area contributed by atoms with Crippen molar-refractivity contribution in [2.45, 2.75) is 125 Å². The van der Waals surface area contributed by atoms with Gasteiger partial charge in [-0.05, 0) is 99.2 Å². The Hall–Kier alpha value is -5.37. The van der Waals surface area contributed by atoms with Crippen LogP contribution >= 0.6 is 0 Å². The quantitative estimate of drug-likeness (QED) is 0.154. The van der Waals surface area contributed by atoms with Gasteiger partial charge in [0.15, 0.2) is 0 Å². The van der Waals surface area contributed by atoms with E-state index in [1.807, 2.05) is 42.5 Å². The fourth-order valence-electron chi connectivity index (χ4n) is 7.93. The second-order valence-electron chi connectivity index (χ2n) is 20.2. The number of nitrogens with zero attached hydrogens (tertiary/aromatic N) is 4. The summed E-state index contributed by atoms with van der Waals surface area (Å²) in [7, 11) is 0. The Morgan fingerprint density at radius 1 is 0.617 bits per heavy atom. The highest BCUT2D eigenvalue weighted by Crippen LogP contribution is 2.42. The van der Waals surface area contributed by atoms with Crippen molar-refractivity contribution in [3.8, 4) is 34.1 Å². The van der Waals surface area contributed by atoms with E-state index in [1.54, 1.807) is 4.57 Å². The smallest absolute Gasteiger partial charge is 0.416 e. The zero-order valence-corrected chi connectivity index (χ0v) is 37.4. The van der Waals surface area contributed by atoms with E-state index in [2.05, 4.69) is 136 Å². The number of hydrogen-bond acceptors (Lipinski definition) is 3. The molecule has 0 atom stereocenters. The van der Waals surface area contributed by atoms with Gasteiger partial charge in [0.05, 0.1) is 33.7 Å². The maximum absolute atomic E-state index is 13.9. The van der Waals surface area contributed by atoms with Gasteiger partial charge in [0.25, 0.3) is 0 Å². The Kier molecular flexibility index (Phi) is 10.9. The molecule has 0 radical (unpaired) electrons. The van der Waals surface area contributed by atoms with Crippen molar-refractivity contribution in [1.29, 1.82) is 0 Å². The molecular weight excluding hydrogens is 754 g/mol. The first kappa shape index (κ1) is 42.7. The van der Waals surface area contributed by atoms with Gasteiger partial charge in [0.1, 0.15) is 17.3 Å². The van der Waals surface area contributed by atoms with Crippen molar-refractivity contribution in [3.63, 3.8) is 0 Å². The van der Waals surface area contributed by atoms with Gasteiger partial charge in [-0.3, -0.25) is 4.57 Å². The van der Waals surface area contributed by atoms with Crippen LogP contribution in [-0.4, -0.2) is 19.3 Å². The van der Waals surface area contributed by atoms with Gasteiger partial charge in [-0.15, -0.1) is 0 Å². The zero-order chi connectivity index (χ0) is 43.7. The lowest BCUT2D eigenvalue weighted by atomic mass is 9.78. The third-order valence-electron chi connectivity index (χ3n) is 11.3. The third kappa shape index (κ3) is 8.48. The van der Waals surface area contributed by atoms with Crippen LogP contribution in [0.1, 0.15) is 130 Å². The Bertz CT molecular complexity index is 2680. The van der Waals surface area contributed by atoms with Crippen LogP contribution in [0.5, 0.6) is 11.5 Å². The van der Waals surface area contributed by atoms with Crippen LogP contribution in [-0.2, 0) is 28.8 Å². The van der Waals surface area contributed by atoms with Gasteiger partial charge in [-0.25, -0.2) is 9.67 Å². The molecule has 60 heavy (non-hydrogen) atoms. The summed E-state index contributed by atoms with van der Waals surface area (Å²) in [5, 5.41) is 7.26. The Labute approximate surface area is 353 Å². The molecule has 0 spiro atoms. The standard InChI is InChI=1S/C52H59F3N4O/c1-31(2)22-45-47(33-23-35(49(5,6)7)25-36(24-33)50(8,9)10)48(32(3)4)57-59(45)38-26-37(51(11,12)13)27-40(29-38)60-39-18-19-42-41-16-14-15-17-43(41)58(44(42)30-39)46-28-34(20-21-56-46)52(53,54)55/h14-21,23-32H,22H2,1-13H3. The average Bonchev–Trinajstić information content (AvgIpc) is 3.69. The van der Waals surface area contributed by atoms with Crippen molar-refractivity contribution in [3.05, 3.63) is 131 Å². The van der Waals surface area contributed by atoms with Crippen molar-refractivity contribution in [2.75, 3.05) is 0 Å². The van der Waals surface area contributed by atoms with Crippen molar-refractivity contribution < 1.29 is 17.9 Å². The molecule has 3 heterocycles. The van der Waals surface area contributed by atoms with Gasteiger partial charge >= 0.3 is 6.18 Å². The number of benzene rings is 4. The van der Waals surface area contributed by atoms with E-state index in [1.165, 1.54) is 28.5 Å². The lowest BCUT2D eigenvalue weighted by Crippen LogP contribution is -2.17. The van der Waals surface area contributed by atoms with E-state index in [0.29, 0.717) is 22.9 Å². The van der Waals surface area contributed by atoms with Crippen molar-refractivity contribution in [1.82, 2.24) is 19.3 Å². The number of aromatic nitrogens is 4. The fraction of sp³-hybridized carbons (Fsp3) is 0.385. The number of hydrogen-bond donors (Lipinski definition) is 0. The molecule has 0 saturated heterocycles. The summed E-state index contributed by atoms with van der Waals surface area (Å²) < 4.78 is 52.4. The molecule has 0 N–H and O–H groups in total. The minimum absolute atomic E-state index is 0.0452. The van der Waals surface area contributed by atoms with Gasteiger partial charge in [-0.2, -0.15) is 18.3 Å². The van der Waals surface area contributed by atoms with Crippen LogP contribution in [0, 0.1) is 5.92 Å². The minimum atomic E-state index is -4.51. The molecule has 0 bridgehead atoms. The van der Waals surface area contributed by atoms with Crippen LogP contribution in [0.15, 0.2) is 97.2 Å². The largest absolute Gasteiger partial charge is 0.457 e. The van der Waals surface area contributed by atoms with Gasteiger partial charge in [0.2, 0.25) is 0 Å². The van der Waals surface area contributed by atoms with Crippen LogP contribution in [0.3, 0.4) is 0 Å². The highest BCUT2D eigenvalue weighted by molar-refractivity contribution is 6.09.